The molecule has 22 heavy (non-hydrogen) atoms. The largest absolute Gasteiger partial charge is 0.324 e. The molecule has 0 unspecified atom stereocenters. The highest BCUT2D eigenvalue weighted by molar-refractivity contribution is 7.89. The van der Waals surface area contributed by atoms with Crippen LogP contribution < -0.4 is 15.8 Å². The Morgan fingerprint density at radius 1 is 1.27 bits per heavy atom. The average molecular weight is 348 g/mol. The molecule has 1 fully saturated rings. The van der Waals surface area contributed by atoms with Gasteiger partial charge in [-0.05, 0) is 44.5 Å². The predicted octanol–water partition coefficient (Wildman–Crippen LogP) is 1.53. The SMILES string of the molecule is CNS(=O)(=O)c1cc(NC(=O)C2(N)CCCC2)ccc1C.Cl. The fourth-order valence-electron chi connectivity index (χ4n) is 2.57. The lowest BCUT2D eigenvalue weighted by Crippen LogP contribution is -2.48. The summed E-state index contributed by atoms with van der Waals surface area (Å²) in [5, 5.41) is 2.73. The van der Waals surface area contributed by atoms with Crippen LogP contribution in [-0.2, 0) is 14.8 Å². The van der Waals surface area contributed by atoms with Gasteiger partial charge in [-0.1, -0.05) is 18.9 Å². The van der Waals surface area contributed by atoms with Crippen molar-refractivity contribution >= 4 is 34.0 Å². The molecule has 0 radical (unpaired) electrons. The molecule has 1 saturated carbocycles. The number of nitrogens with two attached hydrogens (primary N) is 1. The van der Waals surface area contributed by atoms with Gasteiger partial charge >= 0.3 is 0 Å². The number of nitrogens with one attached hydrogen (secondary N) is 2. The Labute approximate surface area is 137 Å². The standard InChI is InChI=1S/C14H21N3O3S.ClH/c1-10-5-6-11(9-12(10)21(19,20)16-2)17-13(18)14(15)7-3-4-8-14;/h5-6,9,16H,3-4,7-8,15H2,1-2H3,(H,17,18);1H. The number of sulfonamides is 1. The molecule has 6 nitrogen and oxygen atoms in total. The number of halogens is 1. The summed E-state index contributed by atoms with van der Waals surface area (Å²) in [6, 6.07) is 4.80. The molecule has 2 rings (SSSR count). The van der Waals surface area contributed by atoms with Crippen molar-refractivity contribution in [1.82, 2.24) is 4.72 Å². The van der Waals surface area contributed by atoms with E-state index in [2.05, 4.69) is 10.0 Å². The first kappa shape index (κ1) is 18.9. The maximum atomic E-state index is 12.3. The van der Waals surface area contributed by atoms with Crippen molar-refractivity contribution in [2.24, 2.45) is 5.73 Å². The van der Waals surface area contributed by atoms with Gasteiger partial charge in [-0.25, -0.2) is 13.1 Å². The lowest BCUT2D eigenvalue weighted by Gasteiger charge is -2.22. The molecule has 124 valence electrons. The number of amides is 1. The molecule has 1 aromatic rings. The zero-order valence-electron chi connectivity index (χ0n) is 12.7. The van der Waals surface area contributed by atoms with Gasteiger partial charge in [0.2, 0.25) is 15.9 Å². The van der Waals surface area contributed by atoms with Gasteiger partial charge in [0.05, 0.1) is 10.4 Å². The van der Waals surface area contributed by atoms with Crippen LogP contribution >= 0.6 is 12.4 Å². The maximum Gasteiger partial charge on any atom is 0.244 e. The highest BCUT2D eigenvalue weighted by Crippen LogP contribution is 2.29. The van der Waals surface area contributed by atoms with Crippen molar-refractivity contribution in [1.29, 1.82) is 0 Å². The van der Waals surface area contributed by atoms with E-state index >= 15 is 0 Å². The van der Waals surface area contributed by atoms with Crippen LogP contribution in [0.5, 0.6) is 0 Å². The van der Waals surface area contributed by atoms with Crippen molar-refractivity contribution in [2.45, 2.75) is 43.0 Å². The molecule has 1 aliphatic rings. The zero-order valence-corrected chi connectivity index (χ0v) is 14.3. The molecule has 0 aliphatic heterocycles. The van der Waals surface area contributed by atoms with E-state index in [4.69, 9.17) is 5.73 Å². The quantitative estimate of drug-likeness (QED) is 0.768. The molecule has 1 aliphatic carbocycles. The first-order valence-electron chi connectivity index (χ1n) is 6.93. The molecule has 0 atom stereocenters. The Hall–Kier alpha value is -1.15. The summed E-state index contributed by atoms with van der Waals surface area (Å²) in [5.41, 5.74) is 6.30. The molecule has 0 spiro atoms. The number of hydrogen-bond donors (Lipinski definition) is 3. The van der Waals surface area contributed by atoms with Gasteiger partial charge in [-0.3, -0.25) is 4.79 Å². The molecule has 1 aromatic carbocycles. The summed E-state index contributed by atoms with van der Waals surface area (Å²) in [6.07, 6.45) is 3.20. The number of hydrogen-bond acceptors (Lipinski definition) is 4. The van der Waals surface area contributed by atoms with E-state index in [0.29, 0.717) is 24.1 Å². The van der Waals surface area contributed by atoms with Crippen molar-refractivity contribution in [2.75, 3.05) is 12.4 Å². The second kappa shape index (κ2) is 6.95. The molecule has 0 aromatic heterocycles. The minimum Gasteiger partial charge on any atom is -0.324 e. The van der Waals surface area contributed by atoms with E-state index in [1.54, 1.807) is 19.1 Å². The first-order chi connectivity index (χ1) is 9.78. The van der Waals surface area contributed by atoms with E-state index in [-0.39, 0.29) is 23.2 Å². The van der Waals surface area contributed by atoms with Crippen molar-refractivity contribution in [3.8, 4) is 0 Å². The fraction of sp³-hybridized carbons (Fsp3) is 0.500. The van der Waals surface area contributed by atoms with Crippen LogP contribution in [0.1, 0.15) is 31.2 Å². The monoisotopic (exact) mass is 347 g/mol. The number of benzene rings is 1. The third-order valence-corrected chi connectivity index (χ3v) is 5.51. The highest BCUT2D eigenvalue weighted by atomic mass is 35.5. The molecule has 8 heteroatoms. The van der Waals surface area contributed by atoms with Crippen molar-refractivity contribution in [3.63, 3.8) is 0 Å². The highest BCUT2D eigenvalue weighted by Gasteiger charge is 2.37. The summed E-state index contributed by atoms with van der Waals surface area (Å²) in [6.45, 7) is 1.71. The molecular weight excluding hydrogens is 326 g/mol. The lowest BCUT2D eigenvalue weighted by atomic mass is 9.98. The van der Waals surface area contributed by atoms with Crippen LogP contribution in [0.3, 0.4) is 0 Å². The molecule has 4 N–H and O–H groups in total. The van der Waals surface area contributed by atoms with Crippen molar-refractivity contribution in [3.05, 3.63) is 23.8 Å². The summed E-state index contributed by atoms with van der Waals surface area (Å²) in [5.74, 6) is -0.253. The first-order valence-corrected chi connectivity index (χ1v) is 8.41. The van der Waals surface area contributed by atoms with Gasteiger partial charge in [0.15, 0.2) is 0 Å². The average Bonchev–Trinajstić information content (AvgIpc) is 2.89. The van der Waals surface area contributed by atoms with E-state index in [9.17, 15) is 13.2 Å². The number of carbonyl (C=O) groups excluding carboxylic acids is 1. The smallest absolute Gasteiger partial charge is 0.244 e. The summed E-state index contributed by atoms with van der Waals surface area (Å²) < 4.78 is 26.1. The van der Waals surface area contributed by atoms with Gasteiger partial charge in [0.25, 0.3) is 0 Å². The number of carbonyl (C=O) groups is 1. The predicted molar refractivity (Wildman–Crippen MR) is 88.7 cm³/mol. The summed E-state index contributed by atoms with van der Waals surface area (Å²) in [4.78, 5) is 12.4. The van der Waals surface area contributed by atoms with Gasteiger partial charge < -0.3 is 11.1 Å². The third kappa shape index (κ3) is 3.78. The van der Waals surface area contributed by atoms with Crippen molar-refractivity contribution < 1.29 is 13.2 Å². The Morgan fingerprint density at radius 2 is 1.86 bits per heavy atom. The minimum atomic E-state index is -3.55. The lowest BCUT2D eigenvalue weighted by molar-refractivity contribution is -0.121. The van der Waals surface area contributed by atoms with Crippen LogP contribution in [0.4, 0.5) is 5.69 Å². The molecule has 0 bridgehead atoms. The van der Waals surface area contributed by atoms with Gasteiger partial charge in [-0.15, -0.1) is 12.4 Å². The van der Waals surface area contributed by atoms with E-state index in [1.165, 1.54) is 13.1 Å². The number of aryl methyl sites for hydroxylation is 1. The van der Waals surface area contributed by atoms with E-state index < -0.39 is 15.6 Å². The number of anilines is 1. The summed E-state index contributed by atoms with van der Waals surface area (Å²) >= 11 is 0. The van der Waals surface area contributed by atoms with Gasteiger partial charge in [0, 0.05) is 5.69 Å². The number of rotatable bonds is 4. The Balaban J connectivity index is 0.00000242. The molecule has 0 saturated heterocycles. The van der Waals surface area contributed by atoms with Crippen LogP contribution in [0, 0.1) is 6.92 Å². The second-order valence-corrected chi connectivity index (χ2v) is 7.36. The Morgan fingerprint density at radius 3 is 2.41 bits per heavy atom. The van der Waals surface area contributed by atoms with Crippen LogP contribution in [0.25, 0.3) is 0 Å². The normalized spacial score (nSPS) is 16.9. The zero-order chi connectivity index (χ0) is 15.7. The second-order valence-electron chi connectivity index (χ2n) is 5.51. The molecule has 1 amide bonds. The van der Waals surface area contributed by atoms with E-state index in [1.807, 2.05) is 0 Å². The Bertz CT molecular complexity index is 655. The van der Waals surface area contributed by atoms with E-state index in [0.717, 1.165) is 12.8 Å². The fourth-order valence-corrected chi connectivity index (χ4v) is 3.56. The molecule has 0 heterocycles. The summed E-state index contributed by atoms with van der Waals surface area (Å²) in [7, 11) is -2.20. The van der Waals surface area contributed by atoms with Gasteiger partial charge in [-0.2, -0.15) is 0 Å². The molecular formula is C14H22ClN3O3S. The third-order valence-electron chi connectivity index (χ3n) is 3.95. The minimum absolute atomic E-state index is 0. The Kier molecular flexibility index (Phi) is 5.97. The van der Waals surface area contributed by atoms with Crippen LogP contribution in [-0.4, -0.2) is 26.9 Å². The van der Waals surface area contributed by atoms with Gasteiger partial charge in [0.1, 0.15) is 0 Å². The van der Waals surface area contributed by atoms with Crippen LogP contribution in [0.2, 0.25) is 0 Å². The maximum absolute atomic E-state index is 12.3. The topological polar surface area (TPSA) is 101 Å². The van der Waals surface area contributed by atoms with Crippen LogP contribution in [0.15, 0.2) is 23.1 Å².